The van der Waals surface area contributed by atoms with Crippen LogP contribution in [0.4, 0.5) is 0 Å². The fraction of sp³-hybridized carbons (Fsp3) is 0. The molecular formula is C16H11N3O. The number of aromatic nitrogens is 3. The summed E-state index contributed by atoms with van der Waals surface area (Å²) in [6, 6.07) is 15.4. The summed E-state index contributed by atoms with van der Waals surface area (Å²) in [6.45, 7) is 0. The SMILES string of the molecule is Oc1cccc2ccc(-c3cnn4ncccc34)cc12. The molecule has 0 amide bonds. The Kier molecular flexibility index (Phi) is 2.23. The predicted octanol–water partition coefficient (Wildman–Crippen LogP) is 3.26. The lowest BCUT2D eigenvalue weighted by Gasteiger charge is -2.04. The highest BCUT2D eigenvalue weighted by Gasteiger charge is 2.08. The van der Waals surface area contributed by atoms with E-state index < -0.39 is 0 Å². The maximum atomic E-state index is 9.97. The molecule has 20 heavy (non-hydrogen) atoms. The number of phenolic OH excluding ortho intramolecular Hbond substituents is 1. The third kappa shape index (κ3) is 1.55. The highest BCUT2D eigenvalue weighted by molar-refractivity contribution is 5.93. The van der Waals surface area contributed by atoms with E-state index >= 15 is 0 Å². The summed E-state index contributed by atoms with van der Waals surface area (Å²) < 4.78 is 1.60. The molecule has 0 aliphatic rings. The van der Waals surface area contributed by atoms with Crippen LogP contribution in [0.3, 0.4) is 0 Å². The highest BCUT2D eigenvalue weighted by atomic mass is 16.3. The molecule has 0 aliphatic heterocycles. The zero-order chi connectivity index (χ0) is 13.5. The zero-order valence-corrected chi connectivity index (χ0v) is 10.6. The number of phenols is 1. The lowest BCUT2D eigenvalue weighted by atomic mass is 10.0. The molecule has 0 aliphatic carbocycles. The number of hydrogen-bond donors (Lipinski definition) is 1. The maximum absolute atomic E-state index is 9.97. The molecule has 1 N–H and O–H groups in total. The van der Waals surface area contributed by atoms with Crippen molar-refractivity contribution < 1.29 is 5.11 Å². The lowest BCUT2D eigenvalue weighted by Crippen LogP contribution is -1.90. The van der Waals surface area contributed by atoms with Crippen molar-refractivity contribution in [1.29, 1.82) is 0 Å². The third-order valence-electron chi connectivity index (χ3n) is 3.47. The minimum atomic E-state index is 0.291. The van der Waals surface area contributed by atoms with Crippen molar-refractivity contribution in [2.45, 2.75) is 0 Å². The van der Waals surface area contributed by atoms with E-state index in [0.717, 1.165) is 27.4 Å². The molecule has 4 aromatic rings. The molecule has 0 fully saturated rings. The quantitative estimate of drug-likeness (QED) is 0.572. The van der Waals surface area contributed by atoms with Crippen LogP contribution in [0.25, 0.3) is 27.4 Å². The summed E-state index contributed by atoms with van der Waals surface area (Å²) >= 11 is 0. The molecule has 4 nitrogen and oxygen atoms in total. The largest absolute Gasteiger partial charge is 0.507 e. The number of rotatable bonds is 1. The van der Waals surface area contributed by atoms with Gasteiger partial charge < -0.3 is 5.11 Å². The summed E-state index contributed by atoms with van der Waals surface area (Å²) in [5.74, 6) is 0.291. The van der Waals surface area contributed by atoms with E-state index in [2.05, 4.69) is 10.2 Å². The van der Waals surface area contributed by atoms with Gasteiger partial charge in [0, 0.05) is 17.1 Å². The molecule has 0 bridgehead atoms. The first-order valence-corrected chi connectivity index (χ1v) is 6.34. The summed E-state index contributed by atoms with van der Waals surface area (Å²) in [7, 11) is 0. The lowest BCUT2D eigenvalue weighted by molar-refractivity contribution is 0.481. The molecule has 0 saturated heterocycles. The summed E-state index contributed by atoms with van der Waals surface area (Å²) in [5.41, 5.74) is 2.97. The van der Waals surface area contributed by atoms with E-state index in [0.29, 0.717) is 5.75 Å². The first-order valence-electron chi connectivity index (χ1n) is 6.34. The van der Waals surface area contributed by atoms with Crippen LogP contribution in [0.1, 0.15) is 0 Å². The van der Waals surface area contributed by atoms with E-state index in [1.54, 1.807) is 23.1 Å². The van der Waals surface area contributed by atoms with Gasteiger partial charge in [0.15, 0.2) is 0 Å². The van der Waals surface area contributed by atoms with E-state index in [4.69, 9.17) is 0 Å². The Labute approximate surface area is 114 Å². The second kappa shape index (κ2) is 4.06. The molecule has 96 valence electrons. The van der Waals surface area contributed by atoms with Crippen LogP contribution >= 0.6 is 0 Å². The van der Waals surface area contributed by atoms with Gasteiger partial charge in [0.1, 0.15) is 5.75 Å². The van der Waals surface area contributed by atoms with Crippen molar-refractivity contribution in [2.75, 3.05) is 0 Å². The average Bonchev–Trinajstić information content (AvgIpc) is 2.91. The van der Waals surface area contributed by atoms with Gasteiger partial charge in [-0.1, -0.05) is 24.3 Å². The standard InChI is InChI=1S/C16H11N3O/c20-16-5-1-3-11-6-7-12(9-13(11)16)14-10-18-19-15(14)4-2-8-17-19/h1-10,20H. The molecule has 4 heteroatoms. The van der Waals surface area contributed by atoms with Crippen molar-refractivity contribution in [1.82, 2.24) is 14.8 Å². The van der Waals surface area contributed by atoms with Crippen LogP contribution in [0.15, 0.2) is 60.9 Å². The monoisotopic (exact) mass is 261 g/mol. The molecular weight excluding hydrogens is 250 g/mol. The Morgan fingerprint density at radius 1 is 0.950 bits per heavy atom. The summed E-state index contributed by atoms with van der Waals surface area (Å²) in [4.78, 5) is 0. The van der Waals surface area contributed by atoms with Gasteiger partial charge in [-0.05, 0) is 35.2 Å². The Morgan fingerprint density at radius 2 is 1.90 bits per heavy atom. The normalized spacial score (nSPS) is 11.2. The maximum Gasteiger partial charge on any atom is 0.123 e. The Morgan fingerprint density at radius 3 is 2.85 bits per heavy atom. The second-order valence-corrected chi connectivity index (χ2v) is 4.67. The topological polar surface area (TPSA) is 50.4 Å². The van der Waals surface area contributed by atoms with E-state index in [9.17, 15) is 5.11 Å². The Bertz CT molecular complexity index is 927. The molecule has 0 saturated carbocycles. The summed E-state index contributed by atoms with van der Waals surface area (Å²) in [6.07, 6.45) is 3.50. The molecule has 0 radical (unpaired) electrons. The fourth-order valence-corrected chi connectivity index (χ4v) is 2.48. The zero-order valence-electron chi connectivity index (χ0n) is 10.6. The van der Waals surface area contributed by atoms with E-state index in [1.165, 1.54) is 0 Å². The van der Waals surface area contributed by atoms with Gasteiger partial charge >= 0.3 is 0 Å². The average molecular weight is 261 g/mol. The fourth-order valence-electron chi connectivity index (χ4n) is 2.48. The third-order valence-corrected chi connectivity index (χ3v) is 3.47. The van der Waals surface area contributed by atoms with Crippen molar-refractivity contribution in [3.63, 3.8) is 0 Å². The molecule has 2 heterocycles. The van der Waals surface area contributed by atoms with Gasteiger partial charge in [0.25, 0.3) is 0 Å². The Hall–Kier alpha value is -2.88. The van der Waals surface area contributed by atoms with Gasteiger partial charge in [-0.2, -0.15) is 14.8 Å². The first kappa shape index (κ1) is 11.0. The number of hydrogen-bond acceptors (Lipinski definition) is 3. The minimum absolute atomic E-state index is 0.291. The van der Waals surface area contributed by atoms with E-state index in [1.807, 2.05) is 42.5 Å². The van der Waals surface area contributed by atoms with Crippen molar-refractivity contribution in [3.05, 3.63) is 60.9 Å². The molecule has 0 atom stereocenters. The van der Waals surface area contributed by atoms with Crippen molar-refractivity contribution in [2.24, 2.45) is 0 Å². The van der Waals surface area contributed by atoms with E-state index in [-0.39, 0.29) is 0 Å². The molecule has 0 unspecified atom stereocenters. The first-order chi connectivity index (χ1) is 9.83. The van der Waals surface area contributed by atoms with Gasteiger partial charge in [0.05, 0.1) is 11.7 Å². The van der Waals surface area contributed by atoms with Crippen LogP contribution in [0.2, 0.25) is 0 Å². The number of benzene rings is 2. The molecule has 0 spiro atoms. The van der Waals surface area contributed by atoms with Crippen molar-refractivity contribution in [3.8, 4) is 16.9 Å². The number of aromatic hydroxyl groups is 1. The van der Waals surface area contributed by atoms with Crippen LogP contribution in [0.5, 0.6) is 5.75 Å². The van der Waals surface area contributed by atoms with Crippen LogP contribution < -0.4 is 0 Å². The Balaban J connectivity index is 2.00. The molecule has 2 aromatic carbocycles. The minimum Gasteiger partial charge on any atom is -0.507 e. The van der Waals surface area contributed by atoms with Crippen LogP contribution in [-0.2, 0) is 0 Å². The second-order valence-electron chi connectivity index (χ2n) is 4.67. The van der Waals surface area contributed by atoms with Crippen LogP contribution in [-0.4, -0.2) is 19.9 Å². The van der Waals surface area contributed by atoms with Crippen molar-refractivity contribution >= 4 is 16.3 Å². The smallest absolute Gasteiger partial charge is 0.123 e. The van der Waals surface area contributed by atoms with Gasteiger partial charge in [-0.3, -0.25) is 0 Å². The van der Waals surface area contributed by atoms with Gasteiger partial charge in [0.2, 0.25) is 0 Å². The molecule has 2 aromatic heterocycles. The number of fused-ring (bicyclic) bond motifs is 2. The van der Waals surface area contributed by atoms with Crippen LogP contribution in [0, 0.1) is 0 Å². The van der Waals surface area contributed by atoms with Gasteiger partial charge in [-0.15, -0.1) is 0 Å². The predicted molar refractivity (Wildman–Crippen MR) is 77.6 cm³/mol. The highest BCUT2D eigenvalue weighted by Crippen LogP contribution is 2.31. The summed E-state index contributed by atoms with van der Waals surface area (Å²) in [5, 5.41) is 20.2. The number of nitrogens with zero attached hydrogens (tertiary/aromatic N) is 3. The van der Waals surface area contributed by atoms with Gasteiger partial charge in [-0.25, -0.2) is 0 Å². The molecule has 4 rings (SSSR count).